The quantitative estimate of drug-likeness (QED) is 0.465. The van der Waals surface area contributed by atoms with E-state index < -0.39 is 27.0 Å². The van der Waals surface area contributed by atoms with Crippen molar-refractivity contribution in [1.82, 2.24) is 4.98 Å². The molecular weight excluding hydrogens is 402 g/mol. The number of hydrogen-bond acceptors (Lipinski definition) is 3. The van der Waals surface area contributed by atoms with Gasteiger partial charge >= 0.3 is 6.18 Å². The number of nitrogens with zero attached hydrogens (tertiary/aromatic N) is 1. The summed E-state index contributed by atoms with van der Waals surface area (Å²) < 4.78 is 48.4. The third kappa shape index (κ3) is 4.50. The molecule has 134 valence electrons. The first-order valence-corrected chi connectivity index (χ1v) is 8.24. The van der Waals surface area contributed by atoms with Gasteiger partial charge in [0.2, 0.25) is 5.88 Å². The van der Waals surface area contributed by atoms with Crippen LogP contribution < -0.4 is 4.74 Å². The van der Waals surface area contributed by atoms with Crippen molar-refractivity contribution in [3.63, 3.8) is 0 Å². The summed E-state index contributed by atoms with van der Waals surface area (Å²) >= 11 is 17.5. The molecule has 0 amide bonds. The molecule has 0 N–H and O–H groups in total. The zero-order valence-electron chi connectivity index (χ0n) is 12.5. The standard InChI is InChI=1S/C16H11Cl3F3NO2/c17-15(18,19)8-14(9-24-14)10-3-1-4-11(7-10)25-13-12(16(20,21)22)5-2-6-23-13/h1-7H,8-9H2. The highest BCUT2D eigenvalue weighted by Crippen LogP contribution is 2.50. The lowest BCUT2D eigenvalue weighted by molar-refractivity contribution is -0.138. The molecule has 1 unspecified atom stereocenters. The van der Waals surface area contributed by atoms with Gasteiger partial charge in [-0.05, 0) is 29.8 Å². The van der Waals surface area contributed by atoms with Gasteiger partial charge in [0.15, 0.2) is 3.79 Å². The predicted molar refractivity (Wildman–Crippen MR) is 88.3 cm³/mol. The monoisotopic (exact) mass is 411 g/mol. The van der Waals surface area contributed by atoms with Gasteiger partial charge in [-0.25, -0.2) is 4.98 Å². The van der Waals surface area contributed by atoms with Gasteiger partial charge in [-0.2, -0.15) is 13.2 Å². The first-order valence-electron chi connectivity index (χ1n) is 7.10. The van der Waals surface area contributed by atoms with Crippen LogP contribution in [0.3, 0.4) is 0 Å². The Morgan fingerprint density at radius 1 is 1.16 bits per heavy atom. The molecule has 0 bridgehead atoms. The van der Waals surface area contributed by atoms with E-state index in [0.717, 1.165) is 6.07 Å². The van der Waals surface area contributed by atoms with Gasteiger partial charge in [-0.3, -0.25) is 0 Å². The molecule has 0 radical (unpaired) electrons. The molecule has 25 heavy (non-hydrogen) atoms. The summed E-state index contributed by atoms with van der Waals surface area (Å²) in [5.41, 5.74) is -1.08. The molecule has 1 atom stereocenters. The average Bonchev–Trinajstić information content (AvgIpc) is 3.26. The molecule has 3 nitrogen and oxygen atoms in total. The topological polar surface area (TPSA) is 34.6 Å². The second kappa shape index (κ2) is 6.50. The first-order chi connectivity index (χ1) is 11.6. The molecule has 1 aromatic heterocycles. The number of aromatic nitrogens is 1. The van der Waals surface area contributed by atoms with E-state index in [2.05, 4.69) is 4.98 Å². The lowest BCUT2D eigenvalue weighted by Gasteiger charge is -2.19. The van der Waals surface area contributed by atoms with Crippen molar-refractivity contribution in [1.29, 1.82) is 0 Å². The summed E-state index contributed by atoms with van der Waals surface area (Å²) in [6, 6.07) is 8.53. The molecule has 1 saturated heterocycles. The summed E-state index contributed by atoms with van der Waals surface area (Å²) in [5.74, 6) is -0.347. The lowest BCUT2D eigenvalue weighted by Crippen LogP contribution is -2.18. The van der Waals surface area contributed by atoms with Crippen LogP contribution in [0.2, 0.25) is 0 Å². The van der Waals surface area contributed by atoms with Crippen LogP contribution in [-0.4, -0.2) is 15.4 Å². The molecule has 9 heteroatoms. The molecule has 0 spiro atoms. The van der Waals surface area contributed by atoms with Gasteiger partial charge in [0.05, 0.1) is 6.61 Å². The van der Waals surface area contributed by atoms with Crippen molar-refractivity contribution in [3.8, 4) is 11.6 Å². The van der Waals surface area contributed by atoms with Gasteiger partial charge in [0, 0.05) is 12.6 Å². The summed E-state index contributed by atoms with van der Waals surface area (Å²) in [5, 5.41) is 0. The maximum Gasteiger partial charge on any atom is 0.421 e. The zero-order chi connectivity index (χ0) is 18.3. The van der Waals surface area contributed by atoms with E-state index in [1.165, 1.54) is 18.3 Å². The van der Waals surface area contributed by atoms with Gasteiger partial charge < -0.3 is 9.47 Å². The van der Waals surface area contributed by atoms with Crippen LogP contribution in [0.5, 0.6) is 11.6 Å². The second-order valence-electron chi connectivity index (χ2n) is 5.56. The molecule has 0 saturated carbocycles. The highest BCUT2D eigenvalue weighted by molar-refractivity contribution is 6.67. The number of halogens is 6. The number of pyridine rings is 1. The van der Waals surface area contributed by atoms with Crippen LogP contribution in [0.15, 0.2) is 42.6 Å². The fourth-order valence-electron chi connectivity index (χ4n) is 2.42. The van der Waals surface area contributed by atoms with Crippen molar-refractivity contribution >= 4 is 34.8 Å². The maximum absolute atomic E-state index is 13.0. The van der Waals surface area contributed by atoms with Crippen molar-refractivity contribution in [2.24, 2.45) is 0 Å². The molecule has 1 aliphatic heterocycles. The Kier molecular flexibility index (Phi) is 4.83. The Labute approximate surface area is 156 Å². The predicted octanol–water partition coefficient (Wildman–Crippen LogP) is 5.88. The minimum Gasteiger partial charge on any atom is -0.438 e. The number of hydrogen-bond donors (Lipinski definition) is 0. The zero-order valence-corrected chi connectivity index (χ0v) is 14.8. The third-order valence-corrected chi connectivity index (χ3v) is 4.03. The molecule has 1 aliphatic rings. The van der Waals surface area contributed by atoms with E-state index >= 15 is 0 Å². The largest absolute Gasteiger partial charge is 0.438 e. The number of alkyl halides is 6. The Bertz CT molecular complexity index is 774. The first kappa shape index (κ1) is 18.6. The molecule has 2 heterocycles. The van der Waals surface area contributed by atoms with Gasteiger partial charge in [0.25, 0.3) is 0 Å². The summed E-state index contributed by atoms with van der Waals surface area (Å²) in [6.45, 7) is 0.349. The number of ether oxygens (including phenoxy) is 2. The Balaban J connectivity index is 1.87. The maximum atomic E-state index is 13.0. The van der Waals surface area contributed by atoms with Crippen LogP contribution >= 0.6 is 34.8 Å². The minimum atomic E-state index is -4.57. The molecule has 0 aliphatic carbocycles. The van der Waals surface area contributed by atoms with Gasteiger partial charge in [-0.1, -0.05) is 46.9 Å². The van der Waals surface area contributed by atoms with Crippen LogP contribution in [0.4, 0.5) is 13.2 Å². The smallest absolute Gasteiger partial charge is 0.421 e. The third-order valence-electron chi connectivity index (χ3n) is 3.63. The van der Waals surface area contributed by atoms with Gasteiger partial charge in [0.1, 0.15) is 16.9 Å². The van der Waals surface area contributed by atoms with E-state index in [1.54, 1.807) is 18.2 Å². The summed E-state index contributed by atoms with van der Waals surface area (Å²) in [4.78, 5) is 3.67. The van der Waals surface area contributed by atoms with Crippen LogP contribution in [0, 0.1) is 0 Å². The van der Waals surface area contributed by atoms with E-state index in [4.69, 9.17) is 44.3 Å². The summed E-state index contributed by atoms with van der Waals surface area (Å²) in [6.07, 6.45) is -3.23. The fraction of sp³-hybridized carbons (Fsp3) is 0.312. The number of rotatable bonds is 4. The minimum absolute atomic E-state index is 0.117. The number of benzene rings is 1. The second-order valence-corrected chi connectivity index (χ2v) is 8.07. The molecule has 1 aromatic carbocycles. The van der Waals surface area contributed by atoms with Crippen molar-refractivity contribution in [2.75, 3.05) is 6.61 Å². The van der Waals surface area contributed by atoms with Crippen molar-refractivity contribution in [2.45, 2.75) is 22.0 Å². The normalized spacial score (nSPS) is 20.4. The Morgan fingerprint density at radius 2 is 1.88 bits per heavy atom. The van der Waals surface area contributed by atoms with E-state index in [-0.39, 0.29) is 12.2 Å². The van der Waals surface area contributed by atoms with E-state index in [0.29, 0.717) is 12.2 Å². The highest BCUT2D eigenvalue weighted by atomic mass is 35.6. The molecule has 3 rings (SSSR count). The van der Waals surface area contributed by atoms with Crippen LogP contribution in [-0.2, 0) is 16.5 Å². The molecular formula is C16H11Cl3F3NO2. The van der Waals surface area contributed by atoms with Crippen molar-refractivity contribution < 1.29 is 22.6 Å². The van der Waals surface area contributed by atoms with Crippen LogP contribution in [0.1, 0.15) is 17.5 Å². The molecule has 1 fully saturated rings. The van der Waals surface area contributed by atoms with Crippen LogP contribution in [0.25, 0.3) is 0 Å². The van der Waals surface area contributed by atoms with Gasteiger partial charge in [-0.15, -0.1) is 0 Å². The van der Waals surface area contributed by atoms with E-state index in [9.17, 15) is 13.2 Å². The summed E-state index contributed by atoms with van der Waals surface area (Å²) in [7, 11) is 0. The lowest BCUT2D eigenvalue weighted by atomic mass is 9.97. The fourth-order valence-corrected chi connectivity index (χ4v) is 3.07. The molecule has 2 aromatic rings. The Hall–Kier alpha value is -1.21. The highest BCUT2D eigenvalue weighted by Gasteiger charge is 2.51. The van der Waals surface area contributed by atoms with Crippen molar-refractivity contribution in [3.05, 3.63) is 53.7 Å². The Morgan fingerprint density at radius 3 is 2.48 bits per heavy atom. The van der Waals surface area contributed by atoms with E-state index in [1.807, 2.05) is 0 Å². The number of epoxide rings is 1. The SMILES string of the molecule is FC(F)(F)c1cccnc1Oc1cccc(C2(CC(Cl)(Cl)Cl)CO2)c1. The average molecular weight is 413 g/mol.